The number of benzene rings is 1. The molecule has 0 atom stereocenters. The van der Waals surface area contributed by atoms with Crippen LogP contribution < -0.4 is 11.1 Å². The van der Waals surface area contributed by atoms with Gasteiger partial charge in [-0.2, -0.15) is 4.37 Å². The Morgan fingerprint density at radius 2 is 1.95 bits per heavy atom. The predicted octanol–water partition coefficient (Wildman–Crippen LogP) is 3.20. The first kappa shape index (κ1) is 15.9. The van der Waals surface area contributed by atoms with Gasteiger partial charge in [-0.3, -0.25) is 0 Å². The maximum atomic E-state index is 13.6. The summed E-state index contributed by atoms with van der Waals surface area (Å²) in [5.74, 6) is 0.456. The number of hydrogen-bond acceptors (Lipinski definition) is 5. The van der Waals surface area contributed by atoms with Crippen molar-refractivity contribution in [2.45, 2.75) is 32.1 Å². The summed E-state index contributed by atoms with van der Waals surface area (Å²) in [4.78, 5) is 4.39. The number of hydrogen-bond donors (Lipinski definition) is 2. The van der Waals surface area contributed by atoms with Gasteiger partial charge in [-0.25, -0.2) is 9.37 Å². The molecule has 0 aliphatic heterocycles. The van der Waals surface area contributed by atoms with Gasteiger partial charge in [0.15, 0.2) is 0 Å². The lowest BCUT2D eigenvalue weighted by Crippen LogP contribution is -2.03. The Morgan fingerprint density at radius 3 is 2.76 bits per heavy atom. The van der Waals surface area contributed by atoms with Crippen LogP contribution in [-0.4, -0.2) is 22.4 Å². The van der Waals surface area contributed by atoms with Crippen LogP contribution in [0, 0.1) is 5.82 Å². The lowest BCUT2D eigenvalue weighted by Gasteiger charge is -2.01. The van der Waals surface area contributed by atoms with Crippen LogP contribution in [0.2, 0.25) is 0 Å². The smallest absolute Gasteiger partial charge is 0.202 e. The van der Waals surface area contributed by atoms with Gasteiger partial charge in [-0.1, -0.05) is 31.0 Å². The summed E-state index contributed by atoms with van der Waals surface area (Å²) in [5.41, 5.74) is 6.08. The Bertz CT molecular complexity index is 544. The Kier molecular flexibility index (Phi) is 6.56. The third-order valence-corrected chi connectivity index (χ3v) is 3.89. The molecule has 0 aliphatic rings. The van der Waals surface area contributed by atoms with Crippen molar-refractivity contribution in [3.63, 3.8) is 0 Å². The maximum absolute atomic E-state index is 13.6. The molecular formula is C15H21FN4S. The van der Waals surface area contributed by atoms with Crippen LogP contribution in [0.5, 0.6) is 0 Å². The van der Waals surface area contributed by atoms with Crippen molar-refractivity contribution < 1.29 is 4.39 Å². The van der Waals surface area contributed by atoms with Crippen LogP contribution in [0.1, 0.15) is 37.1 Å². The lowest BCUT2D eigenvalue weighted by molar-refractivity contribution is 0.612. The molecule has 3 N–H and O–H groups in total. The molecule has 1 aromatic carbocycles. The Labute approximate surface area is 128 Å². The highest BCUT2D eigenvalue weighted by atomic mass is 32.1. The SMILES string of the molecule is NCCCCCCNc1nc(Cc2ccccc2F)ns1. The maximum Gasteiger partial charge on any atom is 0.202 e. The van der Waals surface area contributed by atoms with Crippen LogP contribution in [0.25, 0.3) is 0 Å². The lowest BCUT2D eigenvalue weighted by atomic mass is 10.1. The topological polar surface area (TPSA) is 63.8 Å². The van der Waals surface area contributed by atoms with E-state index in [2.05, 4.69) is 14.7 Å². The summed E-state index contributed by atoms with van der Waals surface area (Å²) in [7, 11) is 0. The van der Waals surface area contributed by atoms with Crippen molar-refractivity contribution in [2.24, 2.45) is 5.73 Å². The van der Waals surface area contributed by atoms with Gasteiger partial charge in [0.1, 0.15) is 11.6 Å². The van der Waals surface area contributed by atoms with Crippen LogP contribution in [-0.2, 0) is 6.42 Å². The molecule has 2 aromatic rings. The quantitative estimate of drug-likeness (QED) is 0.698. The van der Waals surface area contributed by atoms with Gasteiger partial charge >= 0.3 is 0 Å². The molecule has 0 unspecified atom stereocenters. The molecule has 21 heavy (non-hydrogen) atoms. The minimum Gasteiger partial charge on any atom is -0.360 e. The number of nitrogens with zero attached hydrogens (tertiary/aromatic N) is 2. The van der Waals surface area contributed by atoms with Crippen LogP contribution in [0.3, 0.4) is 0 Å². The van der Waals surface area contributed by atoms with E-state index >= 15 is 0 Å². The zero-order chi connectivity index (χ0) is 14.9. The monoisotopic (exact) mass is 308 g/mol. The van der Waals surface area contributed by atoms with Crippen LogP contribution in [0.4, 0.5) is 9.52 Å². The second-order valence-electron chi connectivity index (χ2n) is 4.91. The van der Waals surface area contributed by atoms with Crippen molar-refractivity contribution in [1.82, 2.24) is 9.36 Å². The van der Waals surface area contributed by atoms with Crippen molar-refractivity contribution in [3.8, 4) is 0 Å². The van der Waals surface area contributed by atoms with Gasteiger partial charge in [0.05, 0.1) is 0 Å². The fourth-order valence-corrected chi connectivity index (χ4v) is 2.64. The second kappa shape index (κ2) is 8.69. The number of aromatic nitrogens is 2. The third-order valence-electron chi connectivity index (χ3n) is 3.18. The standard InChI is InChI=1S/C15H21FN4S/c16-13-8-4-3-7-12(13)11-14-19-15(21-20-14)18-10-6-2-1-5-9-17/h3-4,7-8H,1-2,5-6,9-11,17H2,(H,18,19,20). The highest BCUT2D eigenvalue weighted by molar-refractivity contribution is 7.09. The number of rotatable bonds is 9. The van der Waals surface area contributed by atoms with E-state index in [1.807, 2.05) is 6.07 Å². The highest BCUT2D eigenvalue weighted by Gasteiger charge is 2.07. The zero-order valence-corrected chi connectivity index (χ0v) is 12.8. The summed E-state index contributed by atoms with van der Waals surface area (Å²) >= 11 is 1.33. The van der Waals surface area contributed by atoms with Gasteiger partial charge in [-0.15, -0.1) is 0 Å². The van der Waals surface area contributed by atoms with Gasteiger partial charge in [-0.05, 0) is 31.0 Å². The minimum absolute atomic E-state index is 0.207. The van der Waals surface area contributed by atoms with Gasteiger partial charge in [0.25, 0.3) is 0 Å². The molecule has 6 heteroatoms. The molecule has 0 radical (unpaired) electrons. The molecule has 0 aliphatic carbocycles. The first-order chi connectivity index (χ1) is 10.3. The Balaban J connectivity index is 1.75. The fourth-order valence-electron chi connectivity index (χ4n) is 2.03. The van der Waals surface area contributed by atoms with Crippen molar-refractivity contribution in [1.29, 1.82) is 0 Å². The molecule has 0 saturated heterocycles. The molecular weight excluding hydrogens is 287 g/mol. The summed E-state index contributed by atoms with van der Waals surface area (Å²) in [6, 6.07) is 6.74. The van der Waals surface area contributed by atoms with Crippen molar-refractivity contribution in [3.05, 3.63) is 41.5 Å². The van der Waals surface area contributed by atoms with Gasteiger partial charge in [0.2, 0.25) is 5.13 Å². The normalized spacial score (nSPS) is 10.8. The van der Waals surface area contributed by atoms with E-state index in [-0.39, 0.29) is 5.82 Å². The van der Waals surface area contributed by atoms with Crippen LogP contribution >= 0.6 is 11.5 Å². The predicted molar refractivity (Wildman–Crippen MR) is 85.1 cm³/mol. The highest BCUT2D eigenvalue weighted by Crippen LogP contribution is 2.16. The summed E-state index contributed by atoms with van der Waals surface area (Å²) < 4.78 is 17.8. The summed E-state index contributed by atoms with van der Waals surface area (Å²) in [6.45, 7) is 1.65. The number of nitrogens with one attached hydrogen (secondary N) is 1. The largest absolute Gasteiger partial charge is 0.360 e. The second-order valence-corrected chi connectivity index (χ2v) is 5.67. The molecule has 4 nitrogen and oxygen atoms in total. The van der Waals surface area contributed by atoms with E-state index in [1.165, 1.54) is 30.4 Å². The molecule has 0 spiro atoms. The average molecular weight is 308 g/mol. The van der Waals surface area contributed by atoms with Crippen molar-refractivity contribution in [2.75, 3.05) is 18.4 Å². The summed E-state index contributed by atoms with van der Waals surface area (Å²) in [6.07, 6.45) is 4.97. The van der Waals surface area contributed by atoms with E-state index in [0.29, 0.717) is 17.8 Å². The van der Waals surface area contributed by atoms with E-state index in [9.17, 15) is 4.39 Å². The van der Waals surface area contributed by atoms with E-state index in [1.54, 1.807) is 12.1 Å². The van der Waals surface area contributed by atoms with Crippen molar-refractivity contribution >= 4 is 16.7 Å². The first-order valence-electron chi connectivity index (χ1n) is 7.29. The molecule has 0 fully saturated rings. The number of anilines is 1. The first-order valence-corrected chi connectivity index (χ1v) is 8.07. The fraction of sp³-hybridized carbons (Fsp3) is 0.467. The molecule has 1 heterocycles. The average Bonchev–Trinajstić information content (AvgIpc) is 2.93. The molecule has 114 valence electrons. The minimum atomic E-state index is -0.207. The Morgan fingerprint density at radius 1 is 1.14 bits per heavy atom. The number of unbranched alkanes of at least 4 members (excludes halogenated alkanes) is 3. The van der Waals surface area contributed by atoms with E-state index in [4.69, 9.17) is 5.73 Å². The number of nitrogens with two attached hydrogens (primary N) is 1. The van der Waals surface area contributed by atoms with E-state index < -0.39 is 0 Å². The molecule has 1 aromatic heterocycles. The zero-order valence-electron chi connectivity index (χ0n) is 12.0. The van der Waals surface area contributed by atoms with Crippen LogP contribution in [0.15, 0.2) is 24.3 Å². The van der Waals surface area contributed by atoms with Gasteiger partial charge < -0.3 is 11.1 Å². The molecule has 0 amide bonds. The van der Waals surface area contributed by atoms with E-state index in [0.717, 1.165) is 31.1 Å². The molecule has 2 rings (SSSR count). The molecule has 0 saturated carbocycles. The molecule has 0 bridgehead atoms. The number of halogens is 1. The summed E-state index contributed by atoms with van der Waals surface area (Å²) in [5, 5.41) is 4.07. The van der Waals surface area contributed by atoms with Gasteiger partial charge in [0, 0.05) is 24.5 Å². The third kappa shape index (κ3) is 5.40. The Hall–Kier alpha value is -1.53.